The quantitative estimate of drug-likeness (QED) is 0.480. The fraction of sp³-hybridized carbons (Fsp3) is 0.250. The highest BCUT2D eigenvalue weighted by Gasteiger charge is 2.19. The van der Waals surface area contributed by atoms with E-state index in [1.807, 2.05) is 0 Å². The van der Waals surface area contributed by atoms with Gasteiger partial charge in [0.05, 0.1) is 19.6 Å². The van der Waals surface area contributed by atoms with E-state index in [2.05, 4.69) is 0 Å². The van der Waals surface area contributed by atoms with Gasteiger partial charge in [0.1, 0.15) is 10.6 Å². The largest absolute Gasteiger partial charge is 0.497 e. The Kier molecular flexibility index (Phi) is 5.41. The zero-order valence-corrected chi connectivity index (χ0v) is 16.1. The van der Waals surface area contributed by atoms with Crippen LogP contribution in [-0.4, -0.2) is 30.5 Å². The molecule has 140 valence electrons. The number of hydrogen-bond acceptors (Lipinski definition) is 6. The van der Waals surface area contributed by atoms with Crippen LogP contribution in [-0.2, 0) is 11.3 Å². The first-order valence-electron chi connectivity index (χ1n) is 8.34. The van der Waals surface area contributed by atoms with Crippen molar-refractivity contribution >= 4 is 33.2 Å². The second-order valence-corrected chi connectivity index (χ2v) is 7.06. The van der Waals surface area contributed by atoms with Crippen LogP contribution < -0.4 is 10.3 Å². The molecule has 0 aliphatic rings. The Morgan fingerprint density at radius 3 is 2.44 bits per heavy atom. The van der Waals surface area contributed by atoms with Crippen LogP contribution in [0, 0.1) is 6.92 Å². The van der Waals surface area contributed by atoms with Gasteiger partial charge in [0.25, 0.3) is 5.56 Å². The summed E-state index contributed by atoms with van der Waals surface area (Å²) in [6.07, 6.45) is 1.85. The van der Waals surface area contributed by atoms with Crippen LogP contribution in [0.25, 0.3) is 10.1 Å². The van der Waals surface area contributed by atoms with Crippen LogP contribution in [0.2, 0.25) is 0 Å². The van der Waals surface area contributed by atoms with Gasteiger partial charge in [0.2, 0.25) is 0 Å². The number of rotatable bonds is 6. The number of carbonyl (C=O) groups excluding carboxylic acids is 2. The number of ether oxygens (including phenoxy) is 2. The minimum Gasteiger partial charge on any atom is -0.497 e. The minimum absolute atomic E-state index is 0.0538. The van der Waals surface area contributed by atoms with Crippen LogP contribution in [0.5, 0.6) is 5.75 Å². The molecule has 1 aromatic carbocycles. The predicted octanol–water partition coefficient (Wildman–Crippen LogP) is 3.44. The van der Waals surface area contributed by atoms with Crippen LogP contribution in [0.15, 0.2) is 41.3 Å². The van der Waals surface area contributed by atoms with E-state index < -0.39 is 5.97 Å². The Bertz CT molecular complexity index is 1060. The highest BCUT2D eigenvalue weighted by Crippen LogP contribution is 2.28. The van der Waals surface area contributed by atoms with E-state index in [9.17, 15) is 14.4 Å². The standard InChI is InChI=1S/C20H19NO5S/c1-12-17-16(27-18(12)20(24)26-3)9-11-21(19(17)23)10-8-15(22)13-4-6-14(25-2)7-5-13/h4-7,9,11H,8,10H2,1-3H3. The average Bonchev–Trinajstić information content (AvgIpc) is 3.04. The van der Waals surface area contributed by atoms with Crippen molar-refractivity contribution < 1.29 is 19.1 Å². The second kappa shape index (κ2) is 7.75. The number of pyridine rings is 1. The van der Waals surface area contributed by atoms with Crippen molar-refractivity contribution in [1.82, 2.24) is 4.57 Å². The summed E-state index contributed by atoms with van der Waals surface area (Å²) in [6, 6.07) is 8.67. The lowest BCUT2D eigenvalue weighted by atomic mass is 10.1. The number of Topliss-reactive ketones (excluding diaryl/α,β-unsaturated/α-hetero) is 1. The Balaban J connectivity index is 1.83. The molecule has 2 heterocycles. The Morgan fingerprint density at radius 1 is 1.11 bits per heavy atom. The summed E-state index contributed by atoms with van der Waals surface area (Å²) in [7, 11) is 2.88. The molecule has 27 heavy (non-hydrogen) atoms. The lowest BCUT2D eigenvalue weighted by Gasteiger charge is -2.06. The number of methoxy groups -OCH3 is 2. The number of nitrogens with zero attached hydrogens (tertiary/aromatic N) is 1. The fourth-order valence-electron chi connectivity index (χ4n) is 2.89. The smallest absolute Gasteiger partial charge is 0.348 e. The minimum atomic E-state index is -0.450. The van der Waals surface area contributed by atoms with E-state index in [1.165, 1.54) is 23.0 Å². The monoisotopic (exact) mass is 385 g/mol. The molecular formula is C20H19NO5S. The number of benzene rings is 1. The van der Waals surface area contributed by atoms with Crippen molar-refractivity contribution in [3.63, 3.8) is 0 Å². The predicted molar refractivity (Wildman–Crippen MR) is 104 cm³/mol. The van der Waals surface area contributed by atoms with Crippen molar-refractivity contribution in [3.8, 4) is 5.75 Å². The summed E-state index contributed by atoms with van der Waals surface area (Å²) < 4.78 is 12.1. The van der Waals surface area contributed by atoms with Gasteiger partial charge in [-0.3, -0.25) is 9.59 Å². The molecule has 0 spiro atoms. The molecule has 3 rings (SSSR count). The molecule has 0 aliphatic heterocycles. The summed E-state index contributed by atoms with van der Waals surface area (Å²) in [6.45, 7) is 2.00. The van der Waals surface area contributed by atoms with Crippen molar-refractivity contribution in [3.05, 3.63) is 62.9 Å². The molecule has 0 saturated carbocycles. The average molecular weight is 385 g/mol. The van der Waals surface area contributed by atoms with E-state index >= 15 is 0 Å². The summed E-state index contributed by atoms with van der Waals surface area (Å²) in [4.78, 5) is 37.4. The molecule has 0 unspecified atom stereocenters. The molecule has 0 N–H and O–H groups in total. The molecule has 0 saturated heterocycles. The summed E-state index contributed by atoms with van der Waals surface area (Å²) >= 11 is 1.24. The lowest BCUT2D eigenvalue weighted by Crippen LogP contribution is -2.21. The summed E-state index contributed by atoms with van der Waals surface area (Å²) in [5, 5.41) is 0.500. The van der Waals surface area contributed by atoms with E-state index in [1.54, 1.807) is 50.6 Å². The number of aromatic nitrogens is 1. The molecular weight excluding hydrogens is 366 g/mol. The summed E-state index contributed by atoms with van der Waals surface area (Å²) in [5.41, 5.74) is 0.978. The molecule has 0 amide bonds. The SMILES string of the molecule is COC(=O)c1sc2ccn(CCC(=O)c3ccc(OC)cc3)c(=O)c2c1C. The zero-order chi connectivity index (χ0) is 19.6. The van der Waals surface area contributed by atoms with E-state index in [-0.39, 0.29) is 24.3 Å². The number of carbonyl (C=O) groups is 2. The third-order valence-electron chi connectivity index (χ3n) is 4.42. The zero-order valence-electron chi connectivity index (χ0n) is 15.3. The fourth-order valence-corrected chi connectivity index (χ4v) is 4.01. The number of thiophene rings is 1. The van der Waals surface area contributed by atoms with Crippen molar-refractivity contribution in [2.24, 2.45) is 0 Å². The van der Waals surface area contributed by atoms with Crippen molar-refractivity contribution in [1.29, 1.82) is 0 Å². The van der Waals surface area contributed by atoms with Gasteiger partial charge in [-0.05, 0) is 42.8 Å². The first-order chi connectivity index (χ1) is 13.0. The third kappa shape index (κ3) is 3.64. The van der Waals surface area contributed by atoms with Crippen molar-refractivity contribution in [2.75, 3.05) is 14.2 Å². The normalized spacial score (nSPS) is 10.8. The first kappa shape index (κ1) is 18.8. The van der Waals surface area contributed by atoms with Gasteiger partial charge in [-0.25, -0.2) is 4.79 Å². The lowest BCUT2D eigenvalue weighted by molar-refractivity contribution is 0.0605. The number of hydrogen-bond donors (Lipinski definition) is 0. The van der Waals surface area contributed by atoms with Crippen LogP contribution in [0.3, 0.4) is 0 Å². The highest BCUT2D eigenvalue weighted by atomic mass is 32.1. The molecule has 0 bridgehead atoms. The third-order valence-corrected chi connectivity index (χ3v) is 5.65. The van der Waals surface area contributed by atoms with Gasteiger partial charge in [-0.1, -0.05) is 0 Å². The maximum absolute atomic E-state index is 12.8. The molecule has 0 fully saturated rings. The highest BCUT2D eigenvalue weighted by molar-refractivity contribution is 7.21. The molecule has 6 nitrogen and oxygen atoms in total. The van der Waals surface area contributed by atoms with Gasteiger partial charge in [0.15, 0.2) is 5.78 Å². The number of aryl methyl sites for hydroxylation is 2. The first-order valence-corrected chi connectivity index (χ1v) is 9.16. The van der Waals surface area contributed by atoms with Gasteiger partial charge in [-0.15, -0.1) is 11.3 Å². The van der Waals surface area contributed by atoms with Gasteiger partial charge in [0, 0.05) is 29.4 Å². The van der Waals surface area contributed by atoms with E-state index in [4.69, 9.17) is 9.47 Å². The topological polar surface area (TPSA) is 74.6 Å². The van der Waals surface area contributed by atoms with Crippen LogP contribution in [0.4, 0.5) is 0 Å². The Morgan fingerprint density at radius 2 is 1.81 bits per heavy atom. The maximum atomic E-state index is 12.8. The second-order valence-electron chi connectivity index (χ2n) is 6.00. The molecule has 7 heteroatoms. The van der Waals surface area contributed by atoms with Gasteiger partial charge in [-0.2, -0.15) is 0 Å². The maximum Gasteiger partial charge on any atom is 0.348 e. The molecule has 2 aromatic heterocycles. The number of fused-ring (bicyclic) bond motifs is 1. The van der Waals surface area contributed by atoms with Crippen LogP contribution in [0.1, 0.15) is 32.0 Å². The molecule has 0 aliphatic carbocycles. The Hall–Kier alpha value is -2.93. The number of esters is 1. The van der Waals surface area contributed by atoms with E-state index in [0.717, 1.165) is 4.70 Å². The molecule has 0 radical (unpaired) electrons. The molecule has 0 atom stereocenters. The van der Waals surface area contributed by atoms with Crippen molar-refractivity contribution in [2.45, 2.75) is 19.9 Å². The Labute approximate surface area is 160 Å². The van der Waals surface area contributed by atoms with Gasteiger partial charge < -0.3 is 14.0 Å². The summed E-state index contributed by atoms with van der Waals surface area (Å²) in [5.74, 6) is 0.179. The van der Waals surface area contributed by atoms with Gasteiger partial charge >= 0.3 is 5.97 Å². The number of ketones is 1. The van der Waals surface area contributed by atoms with Crippen LogP contribution >= 0.6 is 11.3 Å². The van der Waals surface area contributed by atoms with E-state index in [0.29, 0.717) is 27.1 Å². The molecule has 3 aromatic rings.